The van der Waals surface area contributed by atoms with Gasteiger partial charge in [-0.05, 0) is 42.4 Å². The monoisotopic (exact) mass is 282 g/mol. The van der Waals surface area contributed by atoms with Gasteiger partial charge in [-0.25, -0.2) is 0 Å². The minimum atomic E-state index is 0.111. The van der Waals surface area contributed by atoms with Crippen molar-refractivity contribution in [3.63, 3.8) is 0 Å². The van der Waals surface area contributed by atoms with Crippen LogP contribution in [0.4, 0.5) is 0 Å². The van der Waals surface area contributed by atoms with E-state index in [2.05, 4.69) is 40.6 Å². The Balaban J connectivity index is 2.07. The van der Waals surface area contributed by atoms with Gasteiger partial charge >= 0.3 is 0 Å². The Bertz CT molecular complexity index is 740. The van der Waals surface area contributed by atoms with E-state index in [4.69, 9.17) is 11.6 Å². The van der Waals surface area contributed by atoms with Crippen LogP contribution in [0.2, 0.25) is 5.02 Å². The maximum Gasteiger partial charge on any atom is 0.0705 e. The lowest BCUT2D eigenvalue weighted by molar-refractivity contribution is 0.692. The van der Waals surface area contributed by atoms with Crippen molar-refractivity contribution in [1.82, 2.24) is 10.3 Å². The number of hydrogen-bond acceptors (Lipinski definition) is 2. The largest absolute Gasteiger partial charge is 0.309 e. The Labute approximate surface area is 123 Å². The van der Waals surface area contributed by atoms with Crippen molar-refractivity contribution in [2.75, 3.05) is 7.05 Å². The molecule has 0 aliphatic carbocycles. The van der Waals surface area contributed by atoms with Crippen LogP contribution in [0, 0.1) is 0 Å². The first kappa shape index (κ1) is 13.1. The van der Waals surface area contributed by atoms with Gasteiger partial charge in [0.2, 0.25) is 0 Å². The average molecular weight is 283 g/mol. The topological polar surface area (TPSA) is 24.9 Å². The number of hydrogen-bond donors (Lipinski definition) is 1. The highest BCUT2D eigenvalue weighted by Crippen LogP contribution is 2.26. The molecule has 0 radical (unpaired) electrons. The third kappa shape index (κ3) is 2.53. The molecule has 0 aliphatic rings. The number of fused-ring (bicyclic) bond motifs is 1. The smallest absolute Gasteiger partial charge is 0.0705 e. The minimum Gasteiger partial charge on any atom is -0.309 e. The van der Waals surface area contributed by atoms with Crippen LogP contribution in [-0.2, 0) is 0 Å². The predicted octanol–water partition coefficient (Wildman–Crippen LogP) is 4.20. The number of nitrogens with zero attached hydrogens (tertiary/aromatic N) is 1. The first-order chi connectivity index (χ1) is 9.78. The average Bonchev–Trinajstić information content (AvgIpc) is 2.48. The molecule has 0 fully saturated rings. The molecule has 0 spiro atoms. The molecule has 1 N–H and O–H groups in total. The lowest BCUT2D eigenvalue weighted by Gasteiger charge is -2.18. The quantitative estimate of drug-likeness (QED) is 0.779. The third-order valence-corrected chi connectivity index (χ3v) is 3.67. The lowest BCUT2D eigenvalue weighted by Crippen LogP contribution is -2.17. The van der Waals surface area contributed by atoms with Gasteiger partial charge in [0.05, 0.1) is 11.6 Å². The van der Waals surface area contributed by atoms with Crippen LogP contribution < -0.4 is 5.32 Å². The van der Waals surface area contributed by atoms with E-state index in [9.17, 15) is 0 Å². The zero-order chi connectivity index (χ0) is 13.9. The number of halogens is 1. The molecule has 2 aromatic carbocycles. The van der Waals surface area contributed by atoms with Crippen molar-refractivity contribution in [3.8, 4) is 0 Å². The number of pyridine rings is 1. The summed E-state index contributed by atoms with van der Waals surface area (Å²) in [6.07, 6.45) is 1.82. The lowest BCUT2D eigenvalue weighted by atomic mass is 9.98. The number of nitrogens with one attached hydrogen (secondary N) is 1. The van der Waals surface area contributed by atoms with Crippen LogP contribution in [0.3, 0.4) is 0 Å². The minimum absolute atomic E-state index is 0.111. The van der Waals surface area contributed by atoms with Gasteiger partial charge in [-0.3, -0.25) is 4.98 Å². The fourth-order valence-electron chi connectivity index (χ4n) is 2.47. The molecule has 3 aromatic rings. The van der Waals surface area contributed by atoms with Gasteiger partial charge in [-0.15, -0.1) is 0 Å². The van der Waals surface area contributed by atoms with Crippen LogP contribution >= 0.6 is 11.6 Å². The Morgan fingerprint density at radius 1 is 1.00 bits per heavy atom. The van der Waals surface area contributed by atoms with Crippen molar-refractivity contribution in [1.29, 1.82) is 0 Å². The Morgan fingerprint density at radius 3 is 2.65 bits per heavy atom. The van der Waals surface area contributed by atoms with Crippen molar-refractivity contribution in [2.24, 2.45) is 0 Å². The van der Waals surface area contributed by atoms with E-state index in [-0.39, 0.29) is 6.04 Å². The summed E-state index contributed by atoms with van der Waals surface area (Å²) in [5.74, 6) is 0. The molecule has 3 heteroatoms. The molecule has 1 unspecified atom stereocenters. The summed E-state index contributed by atoms with van der Waals surface area (Å²) in [7, 11) is 1.95. The molecule has 0 saturated heterocycles. The number of aromatic nitrogens is 1. The van der Waals surface area contributed by atoms with Crippen molar-refractivity contribution in [3.05, 3.63) is 76.9 Å². The van der Waals surface area contributed by atoms with Crippen LogP contribution in [-0.4, -0.2) is 12.0 Å². The van der Waals surface area contributed by atoms with Crippen LogP contribution in [0.5, 0.6) is 0 Å². The van der Waals surface area contributed by atoms with Gasteiger partial charge in [0, 0.05) is 16.6 Å². The molecular weight excluding hydrogens is 268 g/mol. The highest BCUT2D eigenvalue weighted by atomic mass is 35.5. The number of benzene rings is 2. The summed E-state index contributed by atoms with van der Waals surface area (Å²) in [6, 6.07) is 18.4. The highest BCUT2D eigenvalue weighted by Gasteiger charge is 2.12. The molecule has 1 atom stereocenters. The molecule has 100 valence electrons. The second-order valence-corrected chi connectivity index (χ2v) is 5.17. The van der Waals surface area contributed by atoms with E-state index in [1.807, 2.05) is 37.5 Å². The molecular formula is C17H15ClN2. The van der Waals surface area contributed by atoms with E-state index >= 15 is 0 Å². The molecule has 20 heavy (non-hydrogen) atoms. The molecule has 0 bridgehead atoms. The van der Waals surface area contributed by atoms with Crippen molar-refractivity contribution >= 4 is 22.5 Å². The second kappa shape index (κ2) is 5.61. The van der Waals surface area contributed by atoms with E-state index in [0.29, 0.717) is 0 Å². The molecule has 0 aliphatic heterocycles. The van der Waals surface area contributed by atoms with Crippen molar-refractivity contribution < 1.29 is 0 Å². The zero-order valence-electron chi connectivity index (χ0n) is 11.2. The van der Waals surface area contributed by atoms with Gasteiger partial charge in [-0.1, -0.05) is 41.9 Å². The summed E-state index contributed by atoms with van der Waals surface area (Å²) < 4.78 is 0. The van der Waals surface area contributed by atoms with Crippen molar-refractivity contribution in [2.45, 2.75) is 6.04 Å². The summed E-state index contributed by atoms with van der Waals surface area (Å²) in [5.41, 5.74) is 3.34. The maximum absolute atomic E-state index is 6.09. The zero-order valence-corrected chi connectivity index (χ0v) is 11.9. The first-order valence-corrected chi connectivity index (χ1v) is 6.93. The van der Waals surface area contributed by atoms with Gasteiger partial charge in [-0.2, -0.15) is 0 Å². The third-order valence-electron chi connectivity index (χ3n) is 3.43. The SMILES string of the molecule is CNC(c1cccc(Cl)c1)c1ccc2cccnc2c1. The molecule has 0 saturated carbocycles. The summed E-state index contributed by atoms with van der Waals surface area (Å²) in [4.78, 5) is 4.42. The molecule has 0 amide bonds. The van der Waals surface area contributed by atoms with E-state index in [0.717, 1.165) is 21.5 Å². The summed E-state index contributed by atoms with van der Waals surface area (Å²) in [6.45, 7) is 0. The molecule has 1 aromatic heterocycles. The summed E-state index contributed by atoms with van der Waals surface area (Å²) in [5, 5.41) is 5.24. The fraction of sp³-hybridized carbons (Fsp3) is 0.118. The standard InChI is InChI=1S/C17H15ClN2/c1-19-17(13-4-2-6-15(18)10-13)14-8-7-12-5-3-9-20-16(12)11-14/h2-11,17,19H,1H3. The Kier molecular flexibility index (Phi) is 3.68. The summed E-state index contributed by atoms with van der Waals surface area (Å²) >= 11 is 6.09. The normalized spacial score (nSPS) is 12.5. The Morgan fingerprint density at radius 2 is 1.85 bits per heavy atom. The molecule has 2 nitrogen and oxygen atoms in total. The molecule has 3 rings (SSSR count). The van der Waals surface area contributed by atoms with E-state index in [1.54, 1.807) is 0 Å². The van der Waals surface area contributed by atoms with E-state index in [1.165, 1.54) is 5.56 Å². The molecule has 1 heterocycles. The van der Waals surface area contributed by atoms with Gasteiger partial charge < -0.3 is 5.32 Å². The van der Waals surface area contributed by atoms with Gasteiger partial charge in [0.1, 0.15) is 0 Å². The first-order valence-electron chi connectivity index (χ1n) is 6.55. The van der Waals surface area contributed by atoms with Crippen LogP contribution in [0.1, 0.15) is 17.2 Å². The van der Waals surface area contributed by atoms with E-state index < -0.39 is 0 Å². The second-order valence-electron chi connectivity index (χ2n) is 4.73. The maximum atomic E-state index is 6.09. The highest BCUT2D eigenvalue weighted by molar-refractivity contribution is 6.30. The fourth-order valence-corrected chi connectivity index (χ4v) is 2.67. The predicted molar refractivity (Wildman–Crippen MR) is 84.1 cm³/mol. The number of rotatable bonds is 3. The van der Waals surface area contributed by atoms with Gasteiger partial charge in [0.25, 0.3) is 0 Å². The van der Waals surface area contributed by atoms with Gasteiger partial charge in [0.15, 0.2) is 0 Å². The van der Waals surface area contributed by atoms with Crippen LogP contribution in [0.25, 0.3) is 10.9 Å². The van der Waals surface area contributed by atoms with Crippen LogP contribution in [0.15, 0.2) is 60.8 Å². The Hall–Kier alpha value is -1.90.